The average molecular weight is 288 g/mol. The van der Waals surface area contributed by atoms with Crippen molar-refractivity contribution in [1.82, 2.24) is 19.8 Å². The Morgan fingerprint density at radius 2 is 2.05 bits per heavy atom. The Morgan fingerprint density at radius 3 is 2.86 bits per heavy atom. The van der Waals surface area contributed by atoms with E-state index in [9.17, 15) is 0 Å². The molecule has 0 saturated carbocycles. The standard InChI is InChI=1S/C16H24N4O/c1-19-15-6-3-2-5-14(15)18-16(19)13-17-7-4-8-20-9-11-21-12-10-20/h2-3,5-6,17H,4,7-13H2,1H3. The zero-order valence-electron chi connectivity index (χ0n) is 12.7. The Balaban J connectivity index is 1.43. The molecule has 3 rings (SSSR count). The fourth-order valence-corrected chi connectivity index (χ4v) is 2.81. The van der Waals surface area contributed by atoms with Gasteiger partial charge in [0.2, 0.25) is 0 Å². The number of para-hydroxylation sites is 2. The number of hydrogen-bond donors (Lipinski definition) is 1. The molecule has 5 heteroatoms. The quantitative estimate of drug-likeness (QED) is 0.816. The molecule has 0 amide bonds. The monoisotopic (exact) mass is 288 g/mol. The number of nitrogens with one attached hydrogen (secondary N) is 1. The molecule has 0 spiro atoms. The molecule has 2 aromatic rings. The van der Waals surface area contributed by atoms with E-state index >= 15 is 0 Å². The maximum absolute atomic E-state index is 5.36. The molecule has 5 nitrogen and oxygen atoms in total. The third-order valence-corrected chi connectivity index (χ3v) is 4.09. The number of hydrogen-bond acceptors (Lipinski definition) is 4. The fraction of sp³-hybridized carbons (Fsp3) is 0.562. The molecule has 0 radical (unpaired) electrons. The molecule has 1 aromatic carbocycles. The van der Waals surface area contributed by atoms with Crippen LogP contribution in [0.25, 0.3) is 11.0 Å². The Hall–Kier alpha value is -1.43. The minimum absolute atomic E-state index is 0.828. The van der Waals surface area contributed by atoms with Gasteiger partial charge in [-0.25, -0.2) is 4.98 Å². The lowest BCUT2D eigenvalue weighted by Crippen LogP contribution is -2.37. The molecule has 0 unspecified atom stereocenters. The van der Waals surface area contributed by atoms with Crippen molar-refractivity contribution in [1.29, 1.82) is 0 Å². The molecular formula is C16H24N4O. The second-order valence-corrected chi connectivity index (χ2v) is 5.56. The van der Waals surface area contributed by atoms with Crippen molar-refractivity contribution < 1.29 is 4.74 Å². The molecule has 1 saturated heterocycles. The molecule has 2 heterocycles. The van der Waals surface area contributed by atoms with Gasteiger partial charge < -0.3 is 14.6 Å². The minimum Gasteiger partial charge on any atom is -0.379 e. The van der Waals surface area contributed by atoms with Gasteiger partial charge in [-0.15, -0.1) is 0 Å². The minimum atomic E-state index is 0.828. The second kappa shape index (κ2) is 7.02. The van der Waals surface area contributed by atoms with E-state index in [1.807, 2.05) is 6.07 Å². The largest absolute Gasteiger partial charge is 0.379 e. The number of nitrogens with zero attached hydrogens (tertiary/aromatic N) is 3. The summed E-state index contributed by atoms with van der Waals surface area (Å²) < 4.78 is 7.53. The van der Waals surface area contributed by atoms with Gasteiger partial charge in [-0.05, 0) is 31.6 Å². The molecule has 1 aromatic heterocycles. The molecule has 0 atom stereocenters. The summed E-state index contributed by atoms with van der Waals surface area (Å²) in [7, 11) is 2.08. The van der Waals surface area contributed by atoms with Crippen molar-refractivity contribution in [3.05, 3.63) is 30.1 Å². The lowest BCUT2D eigenvalue weighted by Gasteiger charge is -2.26. The summed E-state index contributed by atoms with van der Waals surface area (Å²) in [5, 5.41) is 3.50. The molecule has 0 aliphatic carbocycles. The highest BCUT2D eigenvalue weighted by molar-refractivity contribution is 5.75. The fourth-order valence-electron chi connectivity index (χ4n) is 2.81. The molecular weight excluding hydrogens is 264 g/mol. The number of fused-ring (bicyclic) bond motifs is 1. The highest BCUT2D eigenvalue weighted by Gasteiger charge is 2.09. The van der Waals surface area contributed by atoms with Gasteiger partial charge in [-0.1, -0.05) is 12.1 Å². The number of benzene rings is 1. The zero-order valence-corrected chi connectivity index (χ0v) is 12.7. The van der Waals surface area contributed by atoms with E-state index < -0.39 is 0 Å². The van der Waals surface area contributed by atoms with E-state index in [-0.39, 0.29) is 0 Å². The van der Waals surface area contributed by atoms with Gasteiger partial charge in [0, 0.05) is 20.1 Å². The molecule has 1 N–H and O–H groups in total. The molecule has 1 fully saturated rings. The van der Waals surface area contributed by atoms with E-state index in [0.29, 0.717) is 0 Å². The Morgan fingerprint density at radius 1 is 1.24 bits per heavy atom. The highest BCUT2D eigenvalue weighted by atomic mass is 16.5. The van der Waals surface area contributed by atoms with Gasteiger partial charge >= 0.3 is 0 Å². The van der Waals surface area contributed by atoms with E-state index in [1.54, 1.807) is 0 Å². The van der Waals surface area contributed by atoms with Crippen LogP contribution in [0.3, 0.4) is 0 Å². The molecule has 1 aliphatic rings. The summed E-state index contributed by atoms with van der Waals surface area (Å²) in [6, 6.07) is 8.28. The van der Waals surface area contributed by atoms with Crippen molar-refractivity contribution in [3.8, 4) is 0 Å². The SMILES string of the molecule is Cn1c(CNCCCN2CCOCC2)nc2ccccc21. The van der Waals surface area contributed by atoms with E-state index in [2.05, 4.69) is 45.0 Å². The first-order valence-corrected chi connectivity index (χ1v) is 7.76. The lowest BCUT2D eigenvalue weighted by molar-refractivity contribution is 0.0374. The molecule has 1 aliphatic heterocycles. The van der Waals surface area contributed by atoms with Gasteiger partial charge in [0.25, 0.3) is 0 Å². The summed E-state index contributed by atoms with van der Waals surface area (Å²) in [6.45, 7) is 6.92. The Kier molecular flexibility index (Phi) is 4.85. The number of morpholine rings is 1. The first-order chi connectivity index (χ1) is 10.3. The van der Waals surface area contributed by atoms with Gasteiger partial charge in [0.15, 0.2) is 0 Å². The smallest absolute Gasteiger partial charge is 0.123 e. The van der Waals surface area contributed by atoms with Gasteiger partial charge in [-0.2, -0.15) is 0 Å². The Bertz CT molecular complexity index is 575. The van der Waals surface area contributed by atoms with Crippen LogP contribution in [0.1, 0.15) is 12.2 Å². The average Bonchev–Trinajstić information content (AvgIpc) is 2.85. The number of imidazole rings is 1. The van der Waals surface area contributed by atoms with Crippen LogP contribution in [0.15, 0.2) is 24.3 Å². The van der Waals surface area contributed by atoms with E-state index in [1.165, 1.54) is 11.9 Å². The topological polar surface area (TPSA) is 42.3 Å². The summed E-state index contributed by atoms with van der Waals surface area (Å²) >= 11 is 0. The predicted octanol–water partition coefficient (Wildman–Crippen LogP) is 1.39. The maximum atomic E-state index is 5.36. The molecule has 0 bridgehead atoms. The predicted molar refractivity (Wildman–Crippen MR) is 84.3 cm³/mol. The van der Waals surface area contributed by atoms with Crippen molar-refractivity contribution in [2.45, 2.75) is 13.0 Å². The van der Waals surface area contributed by atoms with Crippen LogP contribution in [0, 0.1) is 0 Å². The van der Waals surface area contributed by atoms with Gasteiger partial charge in [0.05, 0.1) is 30.8 Å². The maximum Gasteiger partial charge on any atom is 0.123 e. The summed E-state index contributed by atoms with van der Waals surface area (Å²) in [4.78, 5) is 7.15. The van der Waals surface area contributed by atoms with Crippen LogP contribution in [-0.4, -0.2) is 53.8 Å². The number of rotatable bonds is 6. The molecule has 21 heavy (non-hydrogen) atoms. The van der Waals surface area contributed by atoms with Crippen LogP contribution in [0.5, 0.6) is 0 Å². The number of ether oxygens (including phenoxy) is 1. The van der Waals surface area contributed by atoms with Crippen molar-refractivity contribution >= 4 is 11.0 Å². The number of aromatic nitrogens is 2. The highest BCUT2D eigenvalue weighted by Crippen LogP contribution is 2.13. The Labute approximate surface area is 125 Å². The third kappa shape index (κ3) is 3.61. The third-order valence-electron chi connectivity index (χ3n) is 4.09. The first-order valence-electron chi connectivity index (χ1n) is 7.76. The van der Waals surface area contributed by atoms with E-state index in [4.69, 9.17) is 4.74 Å². The summed E-state index contributed by atoms with van der Waals surface area (Å²) in [6.07, 6.45) is 1.17. The van der Waals surface area contributed by atoms with Crippen molar-refractivity contribution in [2.75, 3.05) is 39.4 Å². The van der Waals surface area contributed by atoms with Crippen LogP contribution in [0.2, 0.25) is 0 Å². The van der Waals surface area contributed by atoms with E-state index in [0.717, 1.165) is 57.3 Å². The molecule has 114 valence electrons. The second-order valence-electron chi connectivity index (χ2n) is 5.56. The first kappa shape index (κ1) is 14.5. The normalized spacial score (nSPS) is 16.6. The number of aryl methyl sites for hydroxylation is 1. The van der Waals surface area contributed by atoms with Crippen LogP contribution in [0.4, 0.5) is 0 Å². The summed E-state index contributed by atoms with van der Waals surface area (Å²) in [5.41, 5.74) is 2.27. The van der Waals surface area contributed by atoms with Crippen molar-refractivity contribution in [3.63, 3.8) is 0 Å². The van der Waals surface area contributed by atoms with Crippen LogP contribution < -0.4 is 5.32 Å². The van der Waals surface area contributed by atoms with Crippen LogP contribution in [-0.2, 0) is 18.3 Å². The lowest BCUT2D eigenvalue weighted by atomic mass is 10.3. The van der Waals surface area contributed by atoms with Gasteiger partial charge in [0.1, 0.15) is 5.82 Å². The van der Waals surface area contributed by atoms with Crippen LogP contribution >= 0.6 is 0 Å². The zero-order chi connectivity index (χ0) is 14.5. The summed E-state index contributed by atoms with van der Waals surface area (Å²) in [5.74, 6) is 1.10. The van der Waals surface area contributed by atoms with Crippen molar-refractivity contribution in [2.24, 2.45) is 7.05 Å². The van der Waals surface area contributed by atoms with Gasteiger partial charge in [-0.3, -0.25) is 4.90 Å².